The van der Waals surface area contributed by atoms with Gasteiger partial charge in [-0.1, -0.05) is 42.0 Å². The molecule has 1 atom stereocenters. The van der Waals surface area contributed by atoms with Crippen LogP contribution in [-0.4, -0.2) is 20.7 Å². The largest absolute Gasteiger partial charge is 0.481 e. The van der Waals surface area contributed by atoms with Crippen LogP contribution in [0.2, 0.25) is 0 Å². The minimum atomic E-state index is -0.859. The number of carboxylic acid groups (broad SMARTS) is 1. The van der Waals surface area contributed by atoms with Crippen LogP contribution in [0, 0.1) is 13.8 Å². The van der Waals surface area contributed by atoms with Gasteiger partial charge in [0.2, 0.25) is 0 Å². The van der Waals surface area contributed by atoms with Gasteiger partial charge in [-0.15, -0.1) is 0 Å². The van der Waals surface area contributed by atoms with E-state index in [2.05, 4.69) is 0 Å². The van der Waals surface area contributed by atoms with E-state index < -0.39 is 12.2 Å². The molecule has 118 valence electrons. The lowest BCUT2D eigenvalue weighted by Gasteiger charge is -2.17. The predicted octanol–water partition coefficient (Wildman–Crippen LogP) is 3.42. The molecule has 0 saturated carbocycles. The summed E-state index contributed by atoms with van der Waals surface area (Å²) in [6, 6.07) is 15.2. The van der Waals surface area contributed by atoms with Crippen LogP contribution in [0.1, 0.15) is 28.6 Å². The Labute approximate surface area is 134 Å². The Morgan fingerprint density at radius 1 is 1.13 bits per heavy atom. The summed E-state index contributed by atoms with van der Waals surface area (Å²) in [5.41, 5.74) is 4.44. The van der Waals surface area contributed by atoms with Crippen LogP contribution in [0.25, 0.3) is 10.9 Å². The third kappa shape index (κ3) is 2.85. The SMILES string of the molecule is Cc1ccc(C(O)n2c(C)cc3c(CC(=O)O)cccc32)cc1. The Hall–Kier alpha value is -2.59. The quantitative estimate of drug-likeness (QED) is 0.776. The lowest BCUT2D eigenvalue weighted by atomic mass is 10.1. The molecule has 1 aromatic heterocycles. The molecule has 4 nitrogen and oxygen atoms in total. The normalized spacial score (nSPS) is 12.5. The average molecular weight is 309 g/mol. The first-order chi connectivity index (χ1) is 11.0. The Morgan fingerprint density at radius 2 is 1.83 bits per heavy atom. The molecule has 4 heteroatoms. The second kappa shape index (κ2) is 5.89. The van der Waals surface area contributed by atoms with E-state index in [4.69, 9.17) is 5.11 Å². The summed E-state index contributed by atoms with van der Waals surface area (Å²) in [6.45, 7) is 3.92. The summed E-state index contributed by atoms with van der Waals surface area (Å²) in [5, 5.41) is 20.7. The van der Waals surface area contributed by atoms with Crippen molar-refractivity contribution in [3.05, 3.63) is 70.9 Å². The monoisotopic (exact) mass is 309 g/mol. The van der Waals surface area contributed by atoms with Crippen LogP contribution in [0.15, 0.2) is 48.5 Å². The fourth-order valence-electron chi connectivity index (χ4n) is 2.97. The van der Waals surface area contributed by atoms with Gasteiger partial charge in [-0.3, -0.25) is 4.79 Å². The number of aliphatic hydroxyl groups excluding tert-OH is 1. The summed E-state index contributed by atoms with van der Waals surface area (Å²) >= 11 is 0. The zero-order valence-corrected chi connectivity index (χ0v) is 13.2. The third-order valence-electron chi connectivity index (χ3n) is 4.13. The molecule has 0 aliphatic rings. The third-order valence-corrected chi connectivity index (χ3v) is 4.13. The van der Waals surface area contributed by atoms with Crippen molar-refractivity contribution in [2.24, 2.45) is 0 Å². The molecule has 1 heterocycles. The molecule has 0 saturated heterocycles. The standard InChI is InChI=1S/C19H19NO3/c1-12-6-8-14(9-7-12)19(23)20-13(2)10-16-15(11-18(21)22)4-3-5-17(16)20/h3-10,19,23H,11H2,1-2H3,(H,21,22). The van der Waals surface area contributed by atoms with Crippen molar-refractivity contribution in [2.45, 2.75) is 26.5 Å². The number of aromatic nitrogens is 1. The van der Waals surface area contributed by atoms with Crippen molar-refractivity contribution >= 4 is 16.9 Å². The summed E-state index contributed by atoms with van der Waals surface area (Å²) in [6.07, 6.45) is -0.824. The van der Waals surface area contributed by atoms with Gasteiger partial charge in [0.15, 0.2) is 6.23 Å². The molecular weight excluding hydrogens is 290 g/mol. The van der Waals surface area contributed by atoms with Gasteiger partial charge in [0.05, 0.1) is 11.9 Å². The molecule has 0 bridgehead atoms. The molecule has 3 rings (SSSR count). The van der Waals surface area contributed by atoms with Crippen LogP contribution in [0.4, 0.5) is 0 Å². The smallest absolute Gasteiger partial charge is 0.307 e. The maximum atomic E-state index is 11.0. The van der Waals surface area contributed by atoms with Gasteiger partial charge in [0.1, 0.15) is 0 Å². The molecule has 3 aromatic rings. The highest BCUT2D eigenvalue weighted by atomic mass is 16.4. The Bertz CT molecular complexity index is 862. The highest BCUT2D eigenvalue weighted by Gasteiger charge is 2.17. The lowest BCUT2D eigenvalue weighted by molar-refractivity contribution is -0.136. The highest BCUT2D eigenvalue weighted by molar-refractivity contribution is 5.88. The van der Waals surface area contributed by atoms with Crippen LogP contribution in [0.3, 0.4) is 0 Å². The van der Waals surface area contributed by atoms with Crippen molar-refractivity contribution in [3.63, 3.8) is 0 Å². The summed E-state index contributed by atoms with van der Waals surface area (Å²) in [4.78, 5) is 11.0. The molecule has 0 fully saturated rings. The van der Waals surface area contributed by atoms with Crippen molar-refractivity contribution in [1.29, 1.82) is 0 Å². The van der Waals surface area contributed by atoms with Gasteiger partial charge in [-0.25, -0.2) is 0 Å². The van der Waals surface area contributed by atoms with Crippen molar-refractivity contribution in [2.75, 3.05) is 0 Å². The highest BCUT2D eigenvalue weighted by Crippen LogP contribution is 2.29. The Kier molecular flexibility index (Phi) is 3.92. The molecular formula is C19H19NO3. The first kappa shape index (κ1) is 15.3. The van der Waals surface area contributed by atoms with Crippen molar-refractivity contribution in [1.82, 2.24) is 4.57 Å². The number of aryl methyl sites for hydroxylation is 2. The summed E-state index contributed by atoms with van der Waals surface area (Å²) in [5.74, 6) is -0.859. The van der Waals surface area contributed by atoms with Gasteiger partial charge < -0.3 is 14.8 Å². The Balaban J connectivity index is 2.12. The number of carboxylic acids is 1. The number of aliphatic hydroxyl groups is 1. The first-order valence-electron chi connectivity index (χ1n) is 7.53. The van der Waals surface area contributed by atoms with E-state index in [-0.39, 0.29) is 6.42 Å². The van der Waals surface area contributed by atoms with Crippen LogP contribution in [-0.2, 0) is 11.2 Å². The Morgan fingerprint density at radius 3 is 2.48 bits per heavy atom. The zero-order chi connectivity index (χ0) is 16.6. The molecule has 0 radical (unpaired) electrons. The fourth-order valence-corrected chi connectivity index (χ4v) is 2.97. The topological polar surface area (TPSA) is 62.5 Å². The number of hydrogen-bond acceptors (Lipinski definition) is 2. The maximum Gasteiger partial charge on any atom is 0.307 e. The van der Waals surface area contributed by atoms with E-state index in [0.717, 1.165) is 33.3 Å². The summed E-state index contributed by atoms with van der Waals surface area (Å²) < 4.78 is 1.84. The van der Waals surface area contributed by atoms with Gasteiger partial charge in [-0.05, 0) is 31.5 Å². The van der Waals surface area contributed by atoms with E-state index in [9.17, 15) is 9.90 Å². The molecule has 0 aliphatic heterocycles. The van der Waals surface area contributed by atoms with Crippen molar-refractivity contribution in [3.8, 4) is 0 Å². The number of hydrogen-bond donors (Lipinski definition) is 2. The van der Waals surface area contributed by atoms with Crippen molar-refractivity contribution < 1.29 is 15.0 Å². The number of rotatable bonds is 4. The van der Waals surface area contributed by atoms with E-state index >= 15 is 0 Å². The minimum absolute atomic E-state index is 0.0264. The lowest BCUT2D eigenvalue weighted by Crippen LogP contribution is -2.11. The molecule has 2 N–H and O–H groups in total. The molecule has 0 aliphatic carbocycles. The van der Waals surface area contributed by atoms with E-state index in [1.54, 1.807) is 0 Å². The average Bonchev–Trinajstić information content (AvgIpc) is 2.84. The van der Waals surface area contributed by atoms with Gasteiger partial charge in [0.25, 0.3) is 0 Å². The first-order valence-corrected chi connectivity index (χ1v) is 7.53. The number of benzene rings is 2. The second-order valence-corrected chi connectivity index (χ2v) is 5.86. The summed E-state index contributed by atoms with van der Waals surface area (Å²) in [7, 11) is 0. The van der Waals surface area contributed by atoms with Gasteiger partial charge >= 0.3 is 5.97 Å². The molecule has 0 amide bonds. The van der Waals surface area contributed by atoms with E-state index in [0.29, 0.717) is 0 Å². The molecule has 2 aromatic carbocycles. The number of aliphatic carboxylic acids is 1. The molecule has 1 unspecified atom stereocenters. The second-order valence-electron chi connectivity index (χ2n) is 5.86. The maximum absolute atomic E-state index is 11.0. The van der Waals surface area contributed by atoms with Gasteiger partial charge in [-0.2, -0.15) is 0 Å². The number of carbonyl (C=O) groups is 1. The van der Waals surface area contributed by atoms with Crippen LogP contribution >= 0.6 is 0 Å². The zero-order valence-electron chi connectivity index (χ0n) is 13.2. The molecule has 23 heavy (non-hydrogen) atoms. The number of fused-ring (bicyclic) bond motifs is 1. The van der Waals surface area contributed by atoms with Crippen LogP contribution < -0.4 is 0 Å². The minimum Gasteiger partial charge on any atom is -0.481 e. The van der Waals surface area contributed by atoms with Gasteiger partial charge in [0, 0.05) is 16.6 Å². The van der Waals surface area contributed by atoms with Crippen LogP contribution in [0.5, 0.6) is 0 Å². The van der Waals surface area contributed by atoms with E-state index in [1.165, 1.54) is 0 Å². The fraction of sp³-hybridized carbons (Fsp3) is 0.211. The molecule has 0 spiro atoms. The number of nitrogens with zero attached hydrogens (tertiary/aromatic N) is 1. The van der Waals surface area contributed by atoms with E-state index in [1.807, 2.05) is 66.9 Å². The predicted molar refractivity (Wildman–Crippen MR) is 89.6 cm³/mol.